The molecule has 0 saturated carbocycles. The molecule has 0 aliphatic carbocycles. The van der Waals surface area contributed by atoms with Crippen LogP contribution in [0.1, 0.15) is 123 Å². The molecule has 0 aromatic carbocycles. The summed E-state index contributed by atoms with van der Waals surface area (Å²) in [4.78, 5) is 34.1. The highest BCUT2D eigenvalue weighted by Gasteiger charge is 2.25. The van der Waals surface area contributed by atoms with Gasteiger partial charge in [-0.2, -0.15) is 0 Å². The molecule has 0 saturated heterocycles. The van der Waals surface area contributed by atoms with Gasteiger partial charge in [-0.05, 0) is 12.8 Å². The summed E-state index contributed by atoms with van der Waals surface area (Å²) < 4.78 is 32.2. The highest BCUT2D eigenvalue weighted by molar-refractivity contribution is 7.47. The molecule has 0 aliphatic heterocycles. The van der Waals surface area contributed by atoms with Crippen molar-refractivity contribution in [2.45, 2.75) is 129 Å². The first kappa shape index (κ1) is 35.0. The fourth-order valence-corrected chi connectivity index (χ4v) is 4.40. The van der Waals surface area contributed by atoms with E-state index >= 15 is 0 Å². The van der Waals surface area contributed by atoms with Gasteiger partial charge in [0.05, 0.1) is 13.2 Å². The van der Waals surface area contributed by atoms with Crippen LogP contribution >= 0.6 is 7.82 Å². The maximum absolute atomic E-state index is 12.3. The second-order valence-corrected chi connectivity index (χ2v) is 10.7. The number of esters is 2. The zero-order chi connectivity index (χ0) is 26.9. The molecule has 0 bridgehead atoms. The molecule has 0 amide bonds. The van der Waals surface area contributed by atoms with E-state index in [2.05, 4.69) is 13.8 Å². The number of nitrogens with two attached hydrogens (primary N) is 1. The maximum Gasteiger partial charge on any atom is 0.472 e. The van der Waals surface area contributed by atoms with Crippen molar-refractivity contribution in [2.75, 3.05) is 26.4 Å². The first-order chi connectivity index (χ1) is 17.3. The number of carbonyl (C=O) groups excluding carboxylic acids is 2. The minimum absolute atomic E-state index is 0.0567. The second kappa shape index (κ2) is 24.4. The largest absolute Gasteiger partial charge is 0.472 e. The van der Waals surface area contributed by atoms with Crippen LogP contribution in [-0.2, 0) is 32.7 Å². The minimum Gasteiger partial charge on any atom is -0.462 e. The summed E-state index contributed by atoms with van der Waals surface area (Å²) in [5, 5.41) is 0. The van der Waals surface area contributed by atoms with Crippen LogP contribution in [0.25, 0.3) is 0 Å². The van der Waals surface area contributed by atoms with Gasteiger partial charge in [0.2, 0.25) is 0 Å². The van der Waals surface area contributed by atoms with Gasteiger partial charge < -0.3 is 20.1 Å². The summed E-state index contributed by atoms with van der Waals surface area (Å²) in [5.41, 5.74) is 5.28. The molecule has 10 heteroatoms. The van der Waals surface area contributed by atoms with Crippen LogP contribution in [-0.4, -0.2) is 49.3 Å². The molecule has 0 radical (unpaired) electrons. The molecule has 36 heavy (non-hydrogen) atoms. The van der Waals surface area contributed by atoms with Crippen molar-refractivity contribution in [1.29, 1.82) is 0 Å². The quantitative estimate of drug-likeness (QED) is 0.0750. The number of ether oxygens (including phenoxy) is 2. The van der Waals surface area contributed by atoms with Crippen LogP contribution in [0.5, 0.6) is 0 Å². The van der Waals surface area contributed by atoms with Crippen LogP contribution < -0.4 is 5.73 Å². The average molecular weight is 538 g/mol. The minimum atomic E-state index is -4.34. The predicted octanol–water partition coefficient (Wildman–Crippen LogP) is 6.21. The normalized spacial score (nSPS) is 13.8. The number of phosphoric ester groups is 1. The van der Waals surface area contributed by atoms with E-state index in [1.165, 1.54) is 51.4 Å². The van der Waals surface area contributed by atoms with Crippen molar-refractivity contribution in [1.82, 2.24) is 0 Å². The molecule has 2 atom stereocenters. The molecule has 214 valence electrons. The fraction of sp³-hybridized carbons (Fsp3) is 0.923. The number of carbonyl (C=O) groups is 2. The number of hydrogen-bond donors (Lipinski definition) is 2. The Balaban J connectivity index is 4.39. The summed E-state index contributed by atoms with van der Waals surface area (Å²) in [7, 11) is -4.34. The third kappa shape index (κ3) is 23.4. The van der Waals surface area contributed by atoms with Crippen molar-refractivity contribution < 1.29 is 37.6 Å². The van der Waals surface area contributed by atoms with Gasteiger partial charge in [-0.1, -0.05) is 97.3 Å². The van der Waals surface area contributed by atoms with Gasteiger partial charge in [0, 0.05) is 19.4 Å². The molecular weight excluding hydrogens is 485 g/mol. The summed E-state index contributed by atoms with van der Waals surface area (Å²) >= 11 is 0. The van der Waals surface area contributed by atoms with Crippen molar-refractivity contribution in [3.8, 4) is 0 Å². The lowest BCUT2D eigenvalue weighted by Crippen LogP contribution is -2.29. The molecule has 3 N–H and O–H groups in total. The molecule has 0 fully saturated rings. The molecule has 9 nitrogen and oxygen atoms in total. The zero-order valence-electron chi connectivity index (χ0n) is 22.8. The van der Waals surface area contributed by atoms with Gasteiger partial charge in [0.25, 0.3) is 0 Å². The Morgan fingerprint density at radius 2 is 1.19 bits per heavy atom. The van der Waals surface area contributed by atoms with E-state index in [1.54, 1.807) is 0 Å². The van der Waals surface area contributed by atoms with Gasteiger partial charge in [0.15, 0.2) is 6.10 Å². The van der Waals surface area contributed by atoms with Crippen LogP contribution in [0.3, 0.4) is 0 Å². The van der Waals surface area contributed by atoms with Crippen LogP contribution in [0, 0.1) is 0 Å². The number of rotatable bonds is 26. The molecule has 0 spiro atoms. The molecule has 0 aromatic rings. The first-order valence-corrected chi connectivity index (χ1v) is 15.5. The van der Waals surface area contributed by atoms with E-state index in [-0.39, 0.29) is 38.6 Å². The molecule has 0 aromatic heterocycles. The monoisotopic (exact) mass is 537 g/mol. The van der Waals surface area contributed by atoms with Crippen molar-refractivity contribution in [3.05, 3.63) is 0 Å². The molecule has 1 unspecified atom stereocenters. The van der Waals surface area contributed by atoms with Crippen LogP contribution in [0.2, 0.25) is 0 Å². The second-order valence-electron chi connectivity index (χ2n) is 9.28. The maximum atomic E-state index is 12.3. The van der Waals surface area contributed by atoms with Gasteiger partial charge in [-0.25, -0.2) is 4.57 Å². The van der Waals surface area contributed by atoms with E-state index in [0.29, 0.717) is 6.42 Å². The van der Waals surface area contributed by atoms with Gasteiger partial charge in [-0.15, -0.1) is 0 Å². The summed E-state index contributed by atoms with van der Waals surface area (Å²) in [5.74, 6) is -0.840. The molecular formula is C26H52NO8P. The van der Waals surface area contributed by atoms with E-state index in [1.807, 2.05) is 0 Å². The first-order valence-electron chi connectivity index (χ1n) is 14.0. The van der Waals surface area contributed by atoms with E-state index < -0.39 is 26.5 Å². The fourth-order valence-electron chi connectivity index (χ4n) is 3.63. The van der Waals surface area contributed by atoms with Gasteiger partial charge >= 0.3 is 19.8 Å². The smallest absolute Gasteiger partial charge is 0.462 e. The average Bonchev–Trinajstić information content (AvgIpc) is 2.85. The Morgan fingerprint density at radius 3 is 1.69 bits per heavy atom. The lowest BCUT2D eigenvalue weighted by molar-refractivity contribution is -0.161. The highest BCUT2D eigenvalue weighted by atomic mass is 31.2. The van der Waals surface area contributed by atoms with Crippen LogP contribution in [0.15, 0.2) is 0 Å². The Kier molecular flexibility index (Phi) is 23.7. The topological polar surface area (TPSA) is 134 Å². The summed E-state index contributed by atoms with van der Waals surface area (Å²) in [6, 6.07) is 0. The van der Waals surface area contributed by atoms with E-state index in [4.69, 9.17) is 24.3 Å². The molecule has 0 aliphatic rings. The Hall–Kier alpha value is -0.990. The highest BCUT2D eigenvalue weighted by Crippen LogP contribution is 2.43. The van der Waals surface area contributed by atoms with Crippen molar-refractivity contribution >= 4 is 19.8 Å². The zero-order valence-corrected chi connectivity index (χ0v) is 23.7. The lowest BCUT2D eigenvalue weighted by atomic mass is 10.1. The van der Waals surface area contributed by atoms with Crippen molar-refractivity contribution in [2.24, 2.45) is 5.73 Å². The SMILES string of the molecule is CCCCCCCCCCC(=O)OC[C@H](COP(=O)(O)OCCN)OC(=O)CCCCCCCCC. The Morgan fingerprint density at radius 1 is 0.722 bits per heavy atom. The van der Waals surface area contributed by atoms with E-state index in [0.717, 1.165) is 38.5 Å². The number of unbranched alkanes of at least 4 members (excludes halogenated alkanes) is 13. The predicted molar refractivity (Wildman–Crippen MR) is 141 cm³/mol. The lowest BCUT2D eigenvalue weighted by Gasteiger charge is -2.19. The van der Waals surface area contributed by atoms with Gasteiger partial charge in [-0.3, -0.25) is 18.6 Å². The van der Waals surface area contributed by atoms with Crippen molar-refractivity contribution in [3.63, 3.8) is 0 Å². The van der Waals surface area contributed by atoms with Gasteiger partial charge in [0.1, 0.15) is 6.61 Å². The number of hydrogen-bond acceptors (Lipinski definition) is 8. The summed E-state index contributed by atoms with van der Waals surface area (Å²) in [6.45, 7) is 3.61. The summed E-state index contributed by atoms with van der Waals surface area (Å²) in [6.07, 6.45) is 16.0. The third-order valence-corrected chi connectivity index (χ3v) is 6.73. The standard InChI is InChI=1S/C26H52NO8P/c1-3-5-7-9-11-13-14-16-18-25(28)32-22-24(23-34-36(30,31)33-21-20-27)35-26(29)19-17-15-12-10-8-6-4-2/h24H,3-23,27H2,1-2H3,(H,30,31)/t24-/m1/s1. The molecule has 0 rings (SSSR count). The Bertz CT molecular complexity index is 590. The third-order valence-electron chi connectivity index (χ3n) is 5.74. The molecule has 0 heterocycles. The van der Waals surface area contributed by atoms with E-state index in [9.17, 15) is 19.0 Å². The van der Waals surface area contributed by atoms with Crippen LogP contribution in [0.4, 0.5) is 0 Å². The Labute approximate surface area is 218 Å². The number of phosphoric acid groups is 1.